The average molecular weight is 412 g/mol. The van der Waals surface area contributed by atoms with E-state index in [-0.39, 0.29) is 11.9 Å². The molecular weight excluding hydrogens is 378 g/mol. The van der Waals surface area contributed by atoms with Crippen molar-refractivity contribution >= 4 is 17.1 Å². The second-order valence-corrected chi connectivity index (χ2v) is 7.77. The van der Waals surface area contributed by atoms with Crippen molar-refractivity contribution in [2.75, 3.05) is 6.54 Å². The van der Waals surface area contributed by atoms with Crippen LogP contribution in [-0.4, -0.2) is 17.4 Å². The van der Waals surface area contributed by atoms with E-state index < -0.39 is 0 Å². The predicted octanol–water partition coefficient (Wildman–Crippen LogP) is 7.38. The molecule has 0 aliphatic heterocycles. The Morgan fingerprint density at radius 1 is 0.710 bits per heavy atom. The molecule has 31 heavy (non-hydrogen) atoms. The molecule has 0 fully saturated rings. The lowest BCUT2D eigenvalue weighted by Gasteiger charge is -2.28. The first-order chi connectivity index (χ1) is 15.1. The van der Waals surface area contributed by atoms with E-state index in [2.05, 4.69) is 98.8 Å². The van der Waals surface area contributed by atoms with Crippen molar-refractivity contribution in [2.45, 2.75) is 46.6 Å². The van der Waals surface area contributed by atoms with E-state index in [1.807, 2.05) is 18.7 Å². The monoisotopic (exact) mass is 411 g/mol. The van der Waals surface area contributed by atoms with Crippen molar-refractivity contribution in [1.82, 2.24) is 4.90 Å². The summed E-state index contributed by atoms with van der Waals surface area (Å²) < 4.78 is 0. The largest absolute Gasteiger partial charge is 0.336 e. The molecule has 0 aliphatic rings. The molecule has 3 aromatic carbocycles. The van der Waals surface area contributed by atoms with Crippen molar-refractivity contribution in [2.24, 2.45) is 0 Å². The molecule has 0 saturated heterocycles. The first-order valence-electron chi connectivity index (χ1n) is 11.3. The molecule has 0 saturated carbocycles. The minimum Gasteiger partial charge on any atom is -0.336 e. The highest BCUT2D eigenvalue weighted by Crippen LogP contribution is 2.35. The van der Waals surface area contributed by atoms with Gasteiger partial charge in [0.25, 0.3) is 0 Å². The fourth-order valence-corrected chi connectivity index (χ4v) is 4.26. The average Bonchev–Trinajstić information content (AvgIpc) is 2.84. The highest BCUT2D eigenvalue weighted by Gasteiger charge is 2.19. The fraction of sp³-hybridized carbons (Fsp3) is 0.276. The molecule has 0 heterocycles. The van der Waals surface area contributed by atoms with E-state index in [0.29, 0.717) is 6.42 Å². The van der Waals surface area contributed by atoms with Crippen LogP contribution in [0, 0.1) is 0 Å². The molecule has 2 heteroatoms. The van der Waals surface area contributed by atoms with Gasteiger partial charge in [0.1, 0.15) is 0 Å². The maximum absolute atomic E-state index is 12.3. The summed E-state index contributed by atoms with van der Waals surface area (Å²) in [5.41, 5.74) is 7.45. The molecule has 0 radical (unpaired) electrons. The van der Waals surface area contributed by atoms with E-state index in [1.165, 1.54) is 27.8 Å². The molecule has 2 nitrogen and oxygen atoms in total. The van der Waals surface area contributed by atoms with Crippen molar-refractivity contribution < 1.29 is 4.79 Å². The van der Waals surface area contributed by atoms with Gasteiger partial charge in [0.15, 0.2) is 0 Å². The van der Waals surface area contributed by atoms with Crippen LogP contribution < -0.4 is 0 Å². The van der Waals surface area contributed by atoms with Crippen LogP contribution in [0.25, 0.3) is 11.1 Å². The lowest BCUT2D eigenvalue weighted by molar-refractivity contribution is -0.132. The zero-order chi connectivity index (χ0) is 22.2. The number of benzene rings is 3. The third-order valence-corrected chi connectivity index (χ3v) is 5.95. The SMILES string of the molecule is CCC(=O)N(CC)C(C)c1ccc(/C(=C(/CC)c2ccccc2)c2ccccc2)cc1. The Bertz CT molecular complexity index is 1000. The highest BCUT2D eigenvalue weighted by molar-refractivity contribution is 5.98. The summed E-state index contributed by atoms with van der Waals surface area (Å²) in [6.07, 6.45) is 1.48. The summed E-state index contributed by atoms with van der Waals surface area (Å²) >= 11 is 0. The third-order valence-electron chi connectivity index (χ3n) is 5.95. The van der Waals surface area contributed by atoms with E-state index in [9.17, 15) is 4.79 Å². The predicted molar refractivity (Wildman–Crippen MR) is 132 cm³/mol. The molecule has 0 spiro atoms. The molecule has 1 amide bonds. The van der Waals surface area contributed by atoms with Gasteiger partial charge in [-0.1, -0.05) is 98.8 Å². The van der Waals surface area contributed by atoms with Gasteiger partial charge in [0, 0.05) is 13.0 Å². The van der Waals surface area contributed by atoms with Gasteiger partial charge in [-0.25, -0.2) is 0 Å². The van der Waals surface area contributed by atoms with E-state index in [1.54, 1.807) is 0 Å². The van der Waals surface area contributed by atoms with Crippen molar-refractivity contribution in [1.29, 1.82) is 0 Å². The Labute approximate surface area is 187 Å². The number of nitrogens with zero attached hydrogens (tertiary/aromatic N) is 1. The quantitative estimate of drug-likeness (QED) is 0.354. The normalized spacial score (nSPS) is 12.8. The van der Waals surface area contributed by atoms with Crippen LogP contribution in [0.1, 0.15) is 68.8 Å². The van der Waals surface area contributed by atoms with E-state index >= 15 is 0 Å². The molecule has 3 rings (SSSR count). The van der Waals surface area contributed by atoms with Crippen molar-refractivity contribution in [3.05, 3.63) is 107 Å². The minimum atomic E-state index is 0.0652. The van der Waals surface area contributed by atoms with Crippen LogP contribution in [0.4, 0.5) is 0 Å². The van der Waals surface area contributed by atoms with Crippen LogP contribution in [-0.2, 0) is 4.79 Å². The number of rotatable bonds is 8. The van der Waals surface area contributed by atoms with Crippen LogP contribution >= 0.6 is 0 Å². The number of hydrogen-bond acceptors (Lipinski definition) is 1. The Balaban J connectivity index is 2.07. The molecule has 0 bridgehead atoms. The molecule has 1 unspecified atom stereocenters. The number of carbonyl (C=O) groups is 1. The lowest BCUT2D eigenvalue weighted by atomic mass is 9.87. The maximum Gasteiger partial charge on any atom is 0.222 e. The minimum absolute atomic E-state index is 0.0652. The second-order valence-electron chi connectivity index (χ2n) is 7.77. The molecule has 0 aromatic heterocycles. The summed E-state index contributed by atoms with van der Waals surface area (Å²) in [7, 11) is 0. The van der Waals surface area contributed by atoms with Crippen LogP contribution in [0.15, 0.2) is 84.9 Å². The van der Waals surface area contributed by atoms with Gasteiger partial charge in [0.2, 0.25) is 5.91 Å². The van der Waals surface area contributed by atoms with Crippen molar-refractivity contribution in [3.8, 4) is 0 Å². The standard InChI is InChI=1S/C29H33NO/c1-5-27(24-14-10-8-11-15-24)29(25-16-12-9-13-17-25)26-20-18-23(19-21-26)22(4)30(7-3)28(31)6-2/h8-22H,5-7H2,1-4H3/b29-27-. The molecule has 3 aromatic rings. The zero-order valence-corrected chi connectivity index (χ0v) is 19.1. The van der Waals surface area contributed by atoms with Gasteiger partial charge in [-0.2, -0.15) is 0 Å². The summed E-state index contributed by atoms with van der Waals surface area (Å²) in [5.74, 6) is 0.196. The van der Waals surface area contributed by atoms with Gasteiger partial charge < -0.3 is 4.90 Å². The Morgan fingerprint density at radius 2 is 1.23 bits per heavy atom. The molecule has 0 aliphatic carbocycles. The van der Waals surface area contributed by atoms with Gasteiger partial charge in [-0.3, -0.25) is 4.79 Å². The molecule has 160 valence electrons. The molecular formula is C29H33NO. The number of hydrogen-bond donors (Lipinski definition) is 0. The highest BCUT2D eigenvalue weighted by atomic mass is 16.2. The number of amides is 1. The van der Waals surface area contributed by atoms with Gasteiger partial charge >= 0.3 is 0 Å². The maximum atomic E-state index is 12.3. The smallest absolute Gasteiger partial charge is 0.222 e. The summed E-state index contributed by atoms with van der Waals surface area (Å²) in [5, 5.41) is 0. The van der Waals surface area contributed by atoms with E-state index in [0.717, 1.165) is 18.5 Å². The number of allylic oxidation sites excluding steroid dienone is 1. The molecule has 0 N–H and O–H groups in total. The van der Waals surface area contributed by atoms with Crippen LogP contribution in [0.3, 0.4) is 0 Å². The summed E-state index contributed by atoms with van der Waals surface area (Å²) in [6.45, 7) is 9.02. The first-order valence-corrected chi connectivity index (χ1v) is 11.3. The van der Waals surface area contributed by atoms with Crippen LogP contribution in [0.5, 0.6) is 0 Å². The number of carbonyl (C=O) groups excluding carboxylic acids is 1. The Hall–Kier alpha value is -3.13. The molecule has 1 atom stereocenters. The lowest BCUT2D eigenvalue weighted by Crippen LogP contribution is -2.32. The summed E-state index contributed by atoms with van der Waals surface area (Å²) in [6, 6.07) is 30.1. The van der Waals surface area contributed by atoms with Crippen LogP contribution in [0.2, 0.25) is 0 Å². The zero-order valence-electron chi connectivity index (χ0n) is 19.1. The summed E-state index contributed by atoms with van der Waals surface area (Å²) in [4.78, 5) is 14.3. The topological polar surface area (TPSA) is 20.3 Å². The first kappa shape index (κ1) is 22.6. The third kappa shape index (κ3) is 5.14. The Kier molecular flexibility index (Phi) is 7.83. The van der Waals surface area contributed by atoms with E-state index in [4.69, 9.17) is 0 Å². The Morgan fingerprint density at radius 3 is 1.71 bits per heavy atom. The van der Waals surface area contributed by atoms with Gasteiger partial charge in [-0.05, 0) is 53.7 Å². The fourth-order valence-electron chi connectivity index (χ4n) is 4.26. The van der Waals surface area contributed by atoms with Crippen molar-refractivity contribution in [3.63, 3.8) is 0 Å². The van der Waals surface area contributed by atoms with Gasteiger partial charge in [0.05, 0.1) is 6.04 Å². The van der Waals surface area contributed by atoms with Gasteiger partial charge in [-0.15, -0.1) is 0 Å². The second kappa shape index (κ2) is 10.8.